The molecule has 0 radical (unpaired) electrons. The van der Waals surface area contributed by atoms with Crippen LogP contribution in [0.15, 0.2) is 6.20 Å². The van der Waals surface area contributed by atoms with Crippen LogP contribution in [-0.4, -0.2) is 124 Å². The van der Waals surface area contributed by atoms with Crippen LogP contribution in [0.25, 0.3) is 0 Å². The predicted molar refractivity (Wildman–Crippen MR) is 174 cm³/mol. The Morgan fingerprint density at radius 2 is 1.59 bits per heavy atom. The number of aromatic nitrogens is 2. The van der Waals surface area contributed by atoms with E-state index in [9.17, 15) is 9.90 Å². The first-order chi connectivity index (χ1) is 14.9. The lowest BCUT2D eigenvalue weighted by atomic mass is 9.05. The third-order valence-corrected chi connectivity index (χ3v) is 10.2. The van der Waals surface area contributed by atoms with E-state index in [-0.39, 0.29) is 27.2 Å². The Kier molecular flexibility index (Phi) is 6.99. The van der Waals surface area contributed by atoms with E-state index < -0.39 is 27.4 Å². The molecule has 1 heterocycles. The van der Waals surface area contributed by atoms with Crippen molar-refractivity contribution in [3.05, 3.63) is 11.8 Å². The lowest BCUT2D eigenvalue weighted by Crippen LogP contribution is -2.78. The highest BCUT2D eigenvalue weighted by molar-refractivity contribution is 6.66. The Morgan fingerprint density at radius 3 is 2.00 bits per heavy atom. The summed E-state index contributed by atoms with van der Waals surface area (Å²) in [6, 6.07) is 0. The lowest BCUT2D eigenvalue weighted by molar-refractivity contribution is 0.00913. The van der Waals surface area contributed by atoms with Gasteiger partial charge in [0.25, 0.3) is 5.91 Å². The molecule has 7 nitrogen and oxygen atoms in total. The molecule has 5 N–H and O–H groups in total. The van der Waals surface area contributed by atoms with E-state index in [0.717, 1.165) is 0 Å². The van der Waals surface area contributed by atoms with Gasteiger partial charge in [-0.2, -0.15) is 4.98 Å². The topological polar surface area (TPSA) is 113 Å². The van der Waals surface area contributed by atoms with Crippen molar-refractivity contribution in [3.63, 3.8) is 0 Å². The maximum Gasteiger partial charge on any atom is 0.254 e. The van der Waals surface area contributed by atoms with E-state index >= 15 is 0 Å². The SMILES string of the molecule is BC1C(B)(B)C(B)(Nc2nc(NC(C)(C)C)ncc2C(N)=O)C(B)(B)C(B)(O)C1(B)C(B)(B)B. The van der Waals surface area contributed by atoms with Crippen molar-refractivity contribution in [2.75, 3.05) is 10.6 Å². The molecule has 1 fully saturated rings. The van der Waals surface area contributed by atoms with Crippen molar-refractivity contribution in [1.82, 2.24) is 9.97 Å². The van der Waals surface area contributed by atoms with Crippen LogP contribution in [0.3, 0.4) is 0 Å². The highest BCUT2D eigenvalue weighted by atomic mass is 16.3. The zero-order valence-electron chi connectivity index (χ0n) is 24.0. The van der Waals surface area contributed by atoms with Crippen LogP contribution in [0.4, 0.5) is 11.8 Å². The summed E-state index contributed by atoms with van der Waals surface area (Å²) in [6.45, 7) is 6.06. The number of carbonyl (C=O) groups excluding carboxylic acids is 1. The molecule has 0 spiro atoms. The molecule has 1 aromatic rings. The minimum absolute atomic E-state index is 0.103. The molecule has 2 rings (SSSR count). The number of nitrogens with one attached hydrogen (secondary N) is 2. The predicted octanol–water partition coefficient (Wildman–Crippen LogP) is -9.19. The second-order valence-corrected chi connectivity index (χ2v) is 14.0. The van der Waals surface area contributed by atoms with Crippen LogP contribution in [0.1, 0.15) is 31.1 Å². The number of hydrogen-bond acceptors (Lipinski definition) is 6. The zero-order valence-corrected chi connectivity index (χ0v) is 24.0. The fourth-order valence-electron chi connectivity index (χ4n) is 6.50. The summed E-state index contributed by atoms with van der Waals surface area (Å²) in [4.78, 5) is 21.4. The third kappa shape index (κ3) is 4.00. The molecule has 1 aliphatic rings. The van der Waals surface area contributed by atoms with Gasteiger partial charge in [0, 0.05) is 17.2 Å². The summed E-state index contributed by atoms with van der Waals surface area (Å²) >= 11 is 0. The minimum atomic E-state index is -1.07. The smallest absolute Gasteiger partial charge is 0.254 e. The van der Waals surface area contributed by atoms with E-state index in [4.69, 9.17) is 10.7 Å². The summed E-state index contributed by atoms with van der Waals surface area (Å²) < 4.78 is 0. The first-order valence-corrected chi connectivity index (χ1v) is 12.3. The van der Waals surface area contributed by atoms with Crippen molar-refractivity contribution < 1.29 is 9.90 Å². The van der Waals surface area contributed by atoms with Gasteiger partial charge in [-0.05, 0) is 26.2 Å². The number of aliphatic hydroxyl groups is 1. The Hall–Kier alpha value is -1.18. The van der Waals surface area contributed by atoms with Crippen molar-refractivity contribution in [3.8, 4) is 0 Å². The fourth-order valence-corrected chi connectivity index (χ4v) is 6.50. The van der Waals surface area contributed by atoms with Gasteiger partial charge in [-0.15, -0.1) is 5.11 Å². The Morgan fingerprint density at radius 1 is 1.09 bits per heavy atom. The van der Waals surface area contributed by atoms with Crippen molar-refractivity contribution in [2.45, 2.75) is 63.9 Å². The van der Waals surface area contributed by atoms with Crippen LogP contribution in [0.5, 0.6) is 0 Å². The number of carbonyl (C=O) groups is 1. The quantitative estimate of drug-likeness (QED) is 0.331. The van der Waals surface area contributed by atoms with Crippen molar-refractivity contribution >= 4 is 104 Å². The zero-order chi connectivity index (χ0) is 26.9. The molecule has 18 heteroatoms. The second-order valence-electron chi connectivity index (χ2n) is 14.0. The van der Waals surface area contributed by atoms with Gasteiger partial charge >= 0.3 is 0 Å². The first-order valence-electron chi connectivity index (χ1n) is 12.3. The molecule has 0 bridgehead atoms. The van der Waals surface area contributed by atoms with Gasteiger partial charge in [0.1, 0.15) is 68.6 Å². The average Bonchev–Trinajstić information content (AvgIpc) is 2.62. The number of amides is 1. The average molecular weight is 451 g/mol. The molecule has 0 aliphatic heterocycles. The van der Waals surface area contributed by atoms with Gasteiger partial charge in [0.05, 0.1) is 29.1 Å². The molecular formula is C16H38B11N5O2. The molecule has 34 heavy (non-hydrogen) atoms. The summed E-state index contributed by atoms with van der Waals surface area (Å²) in [5.74, 6) is 0.292. The number of anilines is 2. The number of primary amides is 1. The lowest BCUT2D eigenvalue weighted by Gasteiger charge is -2.77. The highest BCUT2D eigenvalue weighted by Crippen LogP contribution is 2.76. The molecule has 1 aliphatic carbocycles. The van der Waals surface area contributed by atoms with E-state index in [2.05, 4.69) is 94.1 Å². The van der Waals surface area contributed by atoms with Gasteiger partial charge < -0.3 is 21.5 Å². The summed E-state index contributed by atoms with van der Waals surface area (Å²) in [5.41, 5.74) is 3.95. The molecule has 1 saturated carbocycles. The van der Waals surface area contributed by atoms with Crippen LogP contribution in [0.2, 0.25) is 26.7 Å². The molecule has 0 aromatic carbocycles. The van der Waals surface area contributed by atoms with Crippen molar-refractivity contribution in [1.29, 1.82) is 0 Å². The number of nitrogens with zero attached hydrogens (tertiary/aromatic N) is 2. The largest absolute Gasteiger partial charge is 0.400 e. The maximum absolute atomic E-state index is 12.4. The van der Waals surface area contributed by atoms with Crippen LogP contribution >= 0.6 is 0 Å². The van der Waals surface area contributed by atoms with E-state index in [0.29, 0.717) is 11.8 Å². The molecule has 0 saturated heterocycles. The molecule has 172 valence electrons. The van der Waals surface area contributed by atoms with Gasteiger partial charge in [-0.3, -0.25) is 4.79 Å². The third-order valence-electron chi connectivity index (χ3n) is 10.2. The molecule has 4 unspecified atom stereocenters. The van der Waals surface area contributed by atoms with Gasteiger partial charge in [0.2, 0.25) is 5.95 Å². The second kappa shape index (κ2) is 8.17. The highest BCUT2D eigenvalue weighted by Gasteiger charge is 2.72. The number of hydrogen-bond donors (Lipinski definition) is 4. The van der Waals surface area contributed by atoms with E-state index in [1.807, 2.05) is 28.6 Å². The standard InChI is InChI=1S/C16H38B11N5O2/c1-10(2,3)32-9-29-4-5(6(28)33)7(30-9)31-14(23)12(19,20)8(17)11(18,16(25,26)27)15(24,34)13(14,21)22/h4,8,34H,17-27H2,1-3H3,(H2,28,33)(H2,29,30,31,32). The molecule has 4 atom stereocenters. The molecule has 1 amide bonds. The van der Waals surface area contributed by atoms with Crippen LogP contribution < -0.4 is 16.4 Å². The Balaban J connectivity index is 2.79. The number of nitrogens with two attached hydrogens (primary N) is 1. The Bertz CT molecular complexity index is 981. The summed E-state index contributed by atoms with van der Waals surface area (Å²) in [6.07, 6.45) is 1.47. The van der Waals surface area contributed by atoms with Crippen LogP contribution in [0, 0.1) is 0 Å². The molecule has 1 aromatic heterocycles. The first kappa shape index (κ1) is 29.1. The minimum Gasteiger partial charge on any atom is -0.400 e. The maximum atomic E-state index is 12.4. The normalized spacial score (nSPS) is 33.0. The Labute approximate surface area is 215 Å². The van der Waals surface area contributed by atoms with E-state index in [1.54, 1.807) is 0 Å². The van der Waals surface area contributed by atoms with E-state index in [1.165, 1.54) is 6.20 Å². The van der Waals surface area contributed by atoms with Gasteiger partial charge in [-0.25, -0.2) is 4.98 Å². The van der Waals surface area contributed by atoms with Crippen LogP contribution in [-0.2, 0) is 0 Å². The van der Waals surface area contributed by atoms with Crippen molar-refractivity contribution in [2.24, 2.45) is 5.73 Å². The summed E-state index contributed by atoms with van der Waals surface area (Å²) in [7, 11) is 23.9. The summed E-state index contributed by atoms with van der Waals surface area (Å²) in [5, 5.41) is 17.8. The fraction of sp³-hybridized carbons (Fsp3) is 0.688. The number of rotatable bonds is 5. The van der Waals surface area contributed by atoms with Gasteiger partial charge in [0.15, 0.2) is 0 Å². The molecular weight excluding hydrogens is 413 g/mol. The van der Waals surface area contributed by atoms with Gasteiger partial charge in [-0.1, -0.05) is 21.6 Å². The monoisotopic (exact) mass is 453 g/mol.